The molecule has 0 aromatic heterocycles. The van der Waals surface area contributed by atoms with Crippen LogP contribution in [0.1, 0.15) is 40.0 Å². The molecule has 0 bridgehead atoms. The number of hydrogen-bond donors (Lipinski definition) is 2. The molecule has 0 saturated carbocycles. The van der Waals surface area contributed by atoms with E-state index in [1.165, 1.54) is 0 Å². The molecular formula is C19H33N3O4S2. The fraction of sp³-hybridized carbons (Fsp3) is 0.789. The summed E-state index contributed by atoms with van der Waals surface area (Å²) < 4.78 is 0. The van der Waals surface area contributed by atoms with Crippen LogP contribution in [0.2, 0.25) is 0 Å². The first-order valence-corrected chi connectivity index (χ1v) is 12.4. The third kappa shape index (κ3) is 6.69. The monoisotopic (exact) mass is 431 g/mol. The average molecular weight is 432 g/mol. The van der Waals surface area contributed by atoms with Crippen LogP contribution < -0.4 is 10.6 Å². The first-order valence-electron chi connectivity index (χ1n) is 9.62. The summed E-state index contributed by atoms with van der Waals surface area (Å²) in [5.74, 6) is 0.839. The van der Waals surface area contributed by atoms with Crippen LogP contribution in [-0.4, -0.2) is 77.1 Å². The molecule has 0 aliphatic carbocycles. The van der Waals surface area contributed by atoms with E-state index in [4.69, 9.17) is 0 Å². The summed E-state index contributed by atoms with van der Waals surface area (Å²) in [5.41, 5.74) is 0. The van der Waals surface area contributed by atoms with Gasteiger partial charge in [-0.05, 0) is 50.2 Å². The van der Waals surface area contributed by atoms with E-state index >= 15 is 0 Å². The minimum absolute atomic E-state index is 0.0571. The van der Waals surface area contributed by atoms with E-state index in [0.717, 1.165) is 11.5 Å². The molecule has 1 fully saturated rings. The number of carbonyl (C=O) groups is 4. The molecule has 160 valence electrons. The summed E-state index contributed by atoms with van der Waals surface area (Å²) in [6.07, 6.45) is 5.98. The number of nitrogens with one attached hydrogen (secondary N) is 2. The van der Waals surface area contributed by atoms with Crippen molar-refractivity contribution in [2.45, 2.75) is 64.2 Å². The van der Waals surface area contributed by atoms with Crippen molar-refractivity contribution in [3.63, 3.8) is 0 Å². The predicted octanol–water partition coefficient (Wildman–Crippen LogP) is 1.31. The molecule has 0 radical (unpaired) electrons. The number of Topliss-reactive ketones (excluding diaryl/α,β-unsaturated/α-hetero) is 1. The molecule has 0 aromatic rings. The first-order chi connectivity index (χ1) is 13.3. The molecule has 1 aliphatic rings. The lowest BCUT2D eigenvalue weighted by atomic mass is 9.98. The van der Waals surface area contributed by atoms with Crippen molar-refractivity contribution in [3.8, 4) is 0 Å². The van der Waals surface area contributed by atoms with Gasteiger partial charge in [-0.1, -0.05) is 13.8 Å². The number of carbonyl (C=O) groups excluding carboxylic acids is 4. The van der Waals surface area contributed by atoms with Gasteiger partial charge in [-0.2, -0.15) is 23.5 Å². The highest BCUT2D eigenvalue weighted by atomic mass is 32.2. The van der Waals surface area contributed by atoms with Crippen LogP contribution in [0.25, 0.3) is 0 Å². The van der Waals surface area contributed by atoms with E-state index in [1.54, 1.807) is 28.4 Å². The predicted molar refractivity (Wildman–Crippen MR) is 115 cm³/mol. The molecule has 0 aromatic carbocycles. The number of ketones is 1. The van der Waals surface area contributed by atoms with Crippen molar-refractivity contribution in [1.82, 2.24) is 15.5 Å². The van der Waals surface area contributed by atoms with Gasteiger partial charge in [0.1, 0.15) is 12.1 Å². The van der Waals surface area contributed by atoms with Crippen LogP contribution in [0.4, 0.5) is 0 Å². The third-order valence-electron chi connectivity index (χ3n) is 4.95. The lowest BCUT2D eigenvalue weighted by Gasteiger charge is -2.32. The smallest absolute Gasteiger partial charge is 0.246 e. The van der Waals surface area contributed by atoms with Crippen molar-refractivity contribution in [2.75, 3.05) is 24.0 Å². The van der Waals surface area contributed by atoms with Gasteiger partial charge < -0.3 is 15.5 Å². The molecule has 7 nitrogen and oxygen atoms in total. The zero-order chi connectivity index (χ0) is 21.3. The molecule has 2 N–H and O–H groups in total. The molecule has 9 heteroatoms. The quantitative estimate of drug-likeness (QED) is 0.427. The van der Waals surface area contributed by atoms with Crippen molar-refractivity contribution in [3.05, 3.63) is 0 Å². The van der Waals surface area contributed by atoms with Gasteiger partial charge in [0.15, 0.2) is 5.78 Å². The molecule has 0 spiro atoms. The van der Waals surface area contributed by atoms with E-state index in [-0.39, 0.29) is 29.6 Å². The second-order valence-electron chi connectivity index (χ2n) is 7.36. The Morgan fingerprint density at radius 3 is 2.36 bits per heavy atom. The Bertz CT molecular complexity index is 559. The summed E-state index contributed by atoms with van der Waals surface area (Å²) in [6.45, 7) is 5.61. The Morgan fingerprint density at radius 2 is 1.82 bits per heavy atom. The van der Waals surface area contributed by atoms with Gasteiger partial charge in [-0.3, -0.25) is 19.2 Å². The maximum Gasteiger partial charge on any atom is 0.246 e. The highest BCUT2D eigenvalue weighted by Crippen LogP contribution is 2.26. The SMILES string of the molecule is CSCCC(NC=O)C(=O)NC1CC(C)N(C(CCSC)C(=O)C(C)C)C1=O. The van der Waals surface area contributed by atoms with E-state index < -0.39 is 18.1 Å². The number of likely N-dealkylation sites (tertiary alicyclic amines) is 1. The standard InChI is InChI=1S/C19H33N3O4S2/c1-12(2)17(24)16(7-9-28-5)22-13(3)10-15(19(22)26)21-18(25)14(20-11-23)6-8-27-4/h11-16H,6-10H2,1-5H3,(H,20,23)(H,21,25). The summed E-state index contributed by atoms with van der Waals surface area (Å²) in [5, 5.41) is 5.31. The zero-order valence-corrected chi connectivity index (χ0v) is 19.0. The highest BCUT2D eigenvalue weighted by molar-refractivity contribution is 7.98. The molecule has 1 aliphatic heterocycles. The van der Waals surface area contributed by atoms with Crippen LogP contribution >= 0.6 is 23.5 Å². The first kappa shape index (κ1) is 24.8. The minimum Gasteiger partial charge on any atom is -0.347 e. The Labute approximate surface area is 176 Å². The highest BCUT2D eigenvalue weighted by Gasteiger charge is 2.44. The maximum absolute atomic E-state index is 13.0. The van der Waals surface area contributed by atoms with Crippen LogP contribution in [0.3, 0.4) is 0 Å². The Hall–Kier alpha value is -1.22. The second kappa shape index (κ2) is 12.4. The van der Waals surface area contributed by atoms with Gasteiger partial charge in [0, 0.05) is 12.0 Å². The number of nitrogens with zero attached hydrogens (tertiary/aromatic N) is 1. The Balaban J connectivity index is 2.89. The lowest BCUT2D eigenvalue weighted by molar-refractivity contribution is -0.141. The van der Waals surface area contributed by atoms with Crippen molar-refractivity contribution in [2.24, 2.45) is 5.92 Å². The lowest BCUT2D eigenvalue weighted by Crippen LogP contribution is -2.52. The fourth-order valence-corrected chi connectivity index (χ4v) is 4.38. The van der Waals surface area contributed by atoms with E-state index in [2.05, 4.69) is 10.6 Å². The summed E-state index contributed by atoms with van der Waals surface area (Å²) in [7, 11) is 0. The normalized spacial score (nSPS) is 21.5. The van der Waals surface area contributed by atoms with Crippen LogP contribution in [0.15, 0.2) is 0 Å². The molecular weight excluding hydrogens is 398 g/mol. The van der Waals surface area contributed by atoms with E-state index in [1.807, 2.05) is 33.3 Å². The molecule has 28 heavy (non-hydrogen) atoms. The van der Waals surface area contributed by atoms with Gasteiger partial charge in [-0.15, -0.1) is 0 Å². The molecule has 3 amide bonds. The summed E-state index contributed by atoms with van der Waals surface area (Å²) in [6, 6.07) is -1.91. The zero-order valence-electron chi connectivity index (χ0n) is 17.4. The van der Waals surface area contributed by atoms with Crippen LogP contribution in [0.5, 0.6) is 0 Å². The Morgan fingerprint density at radius 1 is 1.21 bits per heavy atom. The second-order valence-corrected chi connectivity index (χ2v) is 9.34. The molecule has 4 unspecified atom stereocenters. The summed E-state index contributed by atoms with van der Waals surface area (Å²) in [4.78, 5) is 50.8. The van der Waals surface area contributed by atoms with Crippen molar-refractivity contribution >= 4 is 47.5 Å². The third-order valence-corrected chi connectivity index (χ3v) is 6.23. The number of thioether (sulfide) groups is 2. The molecule has 1 saturated heterocycles. The Kier molecular flexibility index (Phi) is 11.0. The molecule has 1 rings (SSSR count). The van der Waals surface area contributed by atoms with E-state index in [9.17, 15) is 19.2 Å². The van der Waals surface area contributed by atoms with E-state index in [0.29, 0.717) is 25.7 Å². The largest absolute Gasteiger partial charge is 0.347 e. The number of hydrogen-bond acceptors (Lipinski definition) is 6. The molecule has 4 atom stereocenters. The van der Waals surface area contributed by atoms with Crippen molar-refractivity contribution < 1.29 is 19.2 Å². The fourth-order valence-electron chi connectivity index (χ4n) is 3.45. The minimum atomic E-state index is -0.663. The van der Waals surface area contributed by atoms with Gasteiger partial charge in [0.25, 0.3) is 0 Å². The van der Waals surface area contributed by atoms with Gasteiger partial charge in [-0.25, -0.2) is 0 Å². The topological polar surface area (TPSA) is 95.6 Å². The molecule has 1 heterocycles. The van der Waals surface area contributed by atoms with Crippen LogP contribution in [-0.2, 0) is 19.2 Å². The number of rotatable bonds is 13. The average Bonchev–Trinajstić information content (AvgIpc) is 2.92. The van der Waals surface area contributed by atoms with Gasteiger partial charge >= 0.3 is 0 Å². The van der Waals surface area contributed by atoms with Crippen molar-refractivity contribution in [1.29, 1.82) is 0 Å². The summed E-state index contributed by atoms with van der Waals surface area (Å²) >= 11 is 3.23. The van der Waals surface area contributed by atoms with Gasteiger partial charge in [0.05, 0.1) is 6.04 Å². The van der Waals surface area contributed by atoms with Crippen LogP contribution in [0, 0.1) is 5.92 Å². The van der Waals surface area contributed by atoms with Gasteiger partial charge in [0.2, 0.25) is 18.2 Å². The number of amides is 3. The maximum atomic E-state index is 13.0.